The molecule has 0 aromatic carbocycles. The van der Waals surface area contributed by atoms with Crippen LogP contribution in [-0.4, -0.2) is 13.3 Å². The average Bonchev–Trinajstić information content (AvgIpc) is 2.13. The van der Waals surface area contributed by atoms with Crippen LogP contribution >= 0.6 is 0 Å². The molecular formula is C12H24N2. The van der Waals surface area contributed by atoms with Crippen molar-refractivity contribution in [2.24, 2.45) is 10.9 Å². The monoisotopic (exact) mass is 196 g/mol. The van der Waals surface area contributed by atoms with E-state index in [1.54, 1.807) is 0 Å². The van der Waals surface area contributed by atoms with E-state index in [0.29, 0.717) is 0 Å². The van der Waals surface area contributed by atoms with Crippen molar-refractivity contribution in [2.45, 2.75) is 46.5 Å². The van der Waals surface area contributed by atoms with Crippen molar-refractivity contribution in [3.05, 3.63) is 11.9 Å². The van der Waals surface area contributed by atoms with E-state index in [1.807, 2.05) is 6.20 Å². The smallest absolute Gasteiger partial charge is 0.0450 e. The second-order valence-corrected chi connectivity index (χ2v) is 4.05. The number of unbranched alkanes of at least 4 members (excludes halogenated alkanes) is 1. The lowest BCUT2D eigenvalue weighted by Gasteiger charge is -2.11. The van der Waals surface area contributed by atoms with Crippen LogP contribution in [0.4, 0.5) is 0 Å². The minimum absolute atomic E-state index is 0.756. The van der Waals surface area contributed by atoms with Gasteiger partial charge in [-0.25, -0.2) is 0 Å². The van der Waals surface area contributed by atoms with Crippen molar-refractivity contribution in [3.8, 4) is 0 Å². The summed E-state index contributed by atoms with van der Waals surface area (Å²) in [5.74, 6) is 0.756. The lowest BCUT2D eigenvalue weighted by atomic mass is 10.1. The topological polar surface area (TPSA) is 24.4 Å². The quantitative estimate of drug-likeness (QED) is 0.591. The molecule has 0 amide bonds. The first-order valence-electron chi connectivity index (χ1n) is 5.59. The fraction of sp³-hybridized carbons (Fsp3) is 0.750. The molecule has 1 N–H and O–H groups in total. The minimum atomic E-state index is 0.756. The summed E-state index contributed by atoms with van der Waals surface area (Å²) in [5, 5.41) is 3.41. The van der Waals surface area contributed by atoms with Crippen LogP contribution in [0, 0.1) is 5.92 Å². The van der Waals surface area contributed by atoms with Crippen LogP contribution in [-0.2, 0) is 0 Å². The van der Waals surface area contributed by atoms with E-state index >= 15 is 0 Å². The number of nitrogens with one attached hydrogen (secondary N) is 1. The highest BCUT2D eigenvalue weighted by atomic mass is 14.9. The molecule has 0 saturated carbocycles. The molecule has 0 atom stereocenters. The van der Waals surface area contributed by atoms with Crippen molar-refractivity contribution in [3.63, 3.8) is 0 Å². The third-order valence-electron chi connectivity index (χ3n) is 2.12. The van der Waals surface area contributed by atoms with E-state index in [0.717, 1.165) is 18.9 Å². The van der Waals surface area contributed by atoms with Crippen LogP contribution in [0.25, 0.3) is 0 Å². The van der Waals surface area contributed by atoms with Crippen molar-refractivity contribution in [2.75, 3.05) is 6.54 Å². The van der Waals surface area contributed by atoms with Gasteiger partial charge < -0.3 is 5.32 Å². The Bertz CT molecular complexity index is 171. The lowest BCUT2D eigenvalue weighted by Crippen LogP contribution is -2.16. The van der Waals surface area contributed by atoms with Gasteiger partial charge in [-0.1, -0.05) is 27.2 Å². The molecule has 0 radical (unpaired) electrons. The normalized spacial score (nSPS) is 11.9. The van der Waals surface area contributed by atoms with Crippen molar-refractivity contribution in [1.82, 2.24) is 5.32 Å². The number of rotatable bonds is 8. The molecule has 82 valence electrons. The molecule has 0 bridgehead atoms. The molecule has 0 aromatic heterocycles. The molecule has 0 rings (SSSR count). The van der Waals surface area contributed by atoms with Crippen LogP contribution in [0.5, 0.6) is 0 Å². The maximum Gasteiger partial charge on any atom is 0.0450 e. The van der Waals surface area contributed by atoms with E-state index in [1.165, 1.54) is 25.0 Å². The van der Waals surface area contributed by atoms with Gasteiger partial charge in [0.05, 0.1) is 0 Å². The first-order chi connectivity index (χ1) is 6.70. The Balaban J connectivity index is 3.73. The first kappa shape index (κ1) is 13.2. The highest BCUT2D eigenvalue weighted by molar-refractivity contribution is 5.26. The molecule has 2 heteroatoms. The maximum atomic E-state index is 3.81. The van der Waals surface area contributed by atoms with E-state index in [9.17, 15) is 0 Å². The second-order valence-electron chi connectivity index (χ2n) is 4.05. The SMILES string of the molecule is C=N/C=C(/CCCC)NCCC(C)C. The Hall–Kier alpha value is -0.790. The fourth-order valence-corrected chi connectivity index (χ4v) is 1.20. The summed E-state index contributed by atoms with van der Waals surface area (Å²) in [5.41, 5.74) is 1.22. The van der Waals surface area contributed by atoms with Crippen LogP contribution in [0.2, 0.25) is 0 Å². The molecule has 0 aliphatic carbocycles. The number of hydrogen-bond acceptors (Lipinski definition) is 2. The van der Waals surface area contributed by atoms with E-state index in [2.05, 4.69) is 37.8 Å². The van der Waals surface area contributed by atoms with Crippen LogP contribution in [0.15, 0.2) is 16.9 Å². The van der Waals surface area contributed by atoms with Gasteiger partial charge in [-0.2, -0.15) is 0 Å². The molecule has 0 aromatic rings. The molecule has 0 unspecified atom stereocenters. The summed E-state index contributed by atoms with van der Waals surface area (Å²) in [6, 6.07) is 0. The van der Waals surface area contributed by atoms with Gasteiger partial charge in [0.15, 0.2) is 0 Å². The van der Waals surface area contributed by atoms with Crippen molar-refractivity contribution >= 4 is 6.72 Å². The Morgan fingerprint density at radius 3 is 2.71 bits per heavy atom. The van der Waals surface area contributed by atoms with E-state index < -0.39 is 0 Å². The highest BCUT2D eigenvalue weighted by Crippen LogP contribution is 2.05. The van der Waals surface area contributed by atoms with E-state index in [4.69, 9.17) is 0 Å². The summed E-state index contributed by atoms with van der Waals surface area (Å²) in [6.45, 7) is 11.2. The average molecular weight is 196 g/mol. The first-order valence-corrected chi connectivity index (χ1v) is 5.59. The Morgan fingerprint density at radius 1 is 1.50 bits per heavy atom. The predicted octanol–water partition coefficient (Wildman–Crippen LogP) is 3.35. The number of aliphatic imine (C=N–C) groups is 1. The molecule has 0 spiro atoms. The zero-order chi connectivity index (χ0) is 10.8. The zero-order valence-corrected chi connectivity index (χ0v) is 9.84. The van der Waals surface area contributed by atoms with E-state index in [-0.39, 0.29) is 0 Å². The fourth-order valence-electron chi connectivity index (χ4n) is 1.20. The van der Waals surface area contributed by atoms with Gasteiger partial charge in [0.25, 0.3) is 0 Å². The van der Waals surface area contributed by atoms with Gasteiger partial charge in [-0.3, -0.25) is 4.99 Å². The number of nitrogens with zero attached hydrogens (tertiary/aromatic N) is 1. The van der Waals surface area contributed by atoms with Gasteiger partial charge in [0.1, 0.15) is 0 Å². The zero-order valence-electron chi connectivity index (χ0n) is 9.84. The maximum absolute atomic E-state index is 3.81. The van der Waals surface area contributed by atoms with Gasteiger partial charge in [0.2, 0.25) is 0 Å². The number of hydrogen-bond donors (Lipinski definition) is 1. The largest absolute Gasteiger partial charge is 0.387 e. The van der Waals surface area contributed by atoms with Crippen LogP contribution in [0.3, 0.4) is 0 Å². The summed E-state index contributed by atoms with van der Waals surface area (Å²) < 4.78 is 0. The highest BCUT2D eigenvalue weighted by Gasteiger charge is 1.97. The molecular weight excluding hydrogens is 172 g/mol. The Morgan fingerprint density at radius 2 is 2.21 bits per heavy atom. The standard InChI is InChI=1S/C12H24N2/c1-5-6-7-12(10-13-4)14-9-8-11(2)3/h10-11,14H,4-9H2,1-3H3/b12-10-. The lowest BCUT2D eigenvalue weighted by molar-refractivity contribution is 0.554. The third-order valence-corrected chi connectivity index (χ3v) is 2.12. The minimum Gasteiger partial charge on any atom is -0.387 e. The molecule has 0 heterocycles. The van der Waals surface area contributed by atoms with Gasteiger partial charge in [-0.05, 0) is 31.9 Å². The summed E-state index contributed by atoms with van der Waals surface area (Å²) in [7, 11) is 0. The molecule has 0 aliphatic heterocycles. The summed E-state index contributed by atoms with van der Waals surface area (Å²) >= 11 is 0. The Kier molecular flexibility index (Phi) is 8.30. The van der Waals surface area contributed by atoms with Gasteiger partial charge >= 0.3 is 0 Å². The van der Waals surface area contributed by atoms with Gasteiger partial charge in [0, 0.05) is 18.4 Å². The summed E-state index contributed by atoms with van der Waals surface area (Å²) in [4.78, 5) is 3.81. The van der Waals surface area contributed by atoms with Gasteiger partial charge in [-0.15, -0.1) is 0 Å². The molecule has 0 fully saturated rings. The predicted molar refractivity (Wildman–Crippen MR) is 64.6 cm³/mol. The second kappa shape index (κ2) is 8.79. The van der Waals surface area contributed by atoms with Crippen LogP contribution in [0.1, 0.15) is 46.5 Å². The van der Waals surface area contributed by atoms with Crippen LogP contribution < -0.4 is 5.32 Å². The number of allylic oxidation sites excluding steroid dienone is 1. The van der Waals surface area contributed by atoms with Crippen molar-refractivity contribution < 1.29 is 0 Å². The molecule has 2 nitrogen and oxygen atoms in total. The van der Waals surface area contributed by atoms with Crippen molar-refractivity contribution in [1.29, 1.82) is 0 Å². The molecule has 14 heavy (non-hydrogen) atoms. The molecule has 0 saturated heterocycles. The summed E-state index contributed by atoms with van der Waals surface area (Å²) in [6.07, 6.45) is 6.58. The Labute approximate surface area is 88.5 Å². The molecule has 0 aliphatic rings. The third kappa shape index (κ3) is 7.84.